The molecule has 0 saturated heterocycles. The second-order valence-corrected chi connectivity index (χ2v) is 4.74. The maximum atomic E-state index is 4.39. The highest BCUT2D eigenvalue weighted by molar-refractivity contribution is 5.12. The molecule has 1 aromatic rings. The van der Waals surface area contributed by atoms with Gasteiger partial charge in [-0.2, -0.15) is 0 Å². The van der Waals surface area contributed by atoms with Gasteiger partial charge in [0.2, 0.25) is 0 Å². The average Bonchev–Trinajstić information content (AvgIpc) is 3.00. The highest BCUT2D eigenvalue weighted by atomic mass is 15.3. The summed E-state index contributed by atoms with van der Waals surface area (Å²) in [5.41, 5.74) is 0. The van der Waals surface area contributed by atoms with Crippen molar-refractivity contribution in [1.82, 2.24) is 20.1 Å². The fourth-order valence-electron chi connectivity index (χ4n) is 2.57. The summed E-state index contributed by atoms with van der Waals surface area (Å²) in [6, 6.07) is 0. The van der Waals surface area contributed by atoms with E-state index in [1.807, 2.05) is 7.05 Å². The minimum Gasteiger partial charge on any atom is -0.319 e. The SMILES string of the molecule is CNCC1CCCn2c(C3CC3)nnc21. The van der Waals surface area contributed by atoms with Crippen LogP contribution in [0.3, 0.4) is 0 Å². The van der Waals surface area contributed by atoms with Gasteiger partial charge in [-0.15, -0.1) is 10.2 Å². The molecule has 1 aliphatic carbocycles. The Kier molecular flexibility index (Phi) is 2.24. The smallest absolute Gasteiger partial charge is 0.137 e. The van der Waals surface area contributed by atoms with E-state index in [-0.39, 0.29) is 0 Å². The van der Waals surface area contributed by atoms with Gasteiger partial charge in [0.15, 0.2) is 0 Å². The zero-order valence-corrected chi connectivity index (χ0v) is 9.24. The Balaban J connectivity index is 1.91. The van der Waals surface area contributed by atoms with E-state index < -0.39 is 0 Å². The number of aromatic nitrogens is 3. The third-order valence-electron chi connectivity index (χ3n) is 3.50. The van der Waals surface area contributed by atoms with Gasteiger partial charge in [-0.3, -0.25) is 0 Å². The molecular formula is C11H18N4. The van der Waals surface area contributed by atoms with E-state index in [4.69, 9.17) is 0 Å². The van der Waals surface area contributed by atoms with E-state index in [9.17, 15) is 0 Å². The van der Waals surface area contributed by atoms with Crippen LogP contribution in [0.15, 0.2) is 0 Å². The van der Waals surface area contributed by atoms with Crippen LogP contribution in [-0.4, -0.2) is 28.4 Å². The molecule has 0 radical (unpaired) electrons. The highest BCUT2D eigenvalue weighted by Gasteiger charge is 2.33. The maximum Gasteiger partial charge on any atom is 0.137 e. The molecular weight excluding hydrogens is 188 g/mol. The first-order valence-electron chi connectivity index (χ1n) is 5.97. The van der Waals surface area contributed by atoms with Crippen LogP contribution in [0.1, 0.15) is 49.2 Å². The monoisotopic (exact) mass is 206 g/mol. The molecule has 1 N–H and O–H groups in total. The largest absolute Gasteiger partial charge is 0.319 e. The van der Waals surface area contributed by atoms with Crippen LogP contribution in [0.25, 0.3) is 0 Å². The Morgan fingerprint density at radius 1 is 1.27 bits per heavy atom. The van der Waals surface area contributed by atoms with Crippen LogP contribution in [0.2, 0.25) is 0 Å². The molecule has 3 rings (SSSR count). The number of hydrogen-bond donors (Lipinski definition) is 1. The van der Waals surface area contributed by atoms with Gasteiger partial charge in [0.05, 0.1) is 0 Å². The van der Waals surface area contributed by atoms with Crippen molar-refractivity contribution >= 4 is 0 Å². The number of nitrogens with zero attached hydrogens (tertiary/aromatic N) is 3. The number of fused-ring (bicyclic) bond motifs is 1. The van der Waals surface area contributed by atoms with Gasteiger partial charge in [-0.25, -0.2) is 0 Å². The van der Waals surface area contributed by atoms with Crippen molar-refractivity contribution < 1.29 is 0 Å². The van der Waals surface area contributed by atoms with E-state index in [0.29, 0.717) is 5.92 Å². The Morgan fingerprint density at radius 3 is 2.80 bits per heavy atom. The van der Waals surface area contributed by atoms with Gasteiger partial charge in [0, 0.05) is 24.9 Å². The van der Waals surface area contributed by atoms with Crippen molar-refractivity contribution in [3.8, 4) is 0 Å². The fourth-order valence-corrected chi connectivity index (χ4v) is 2.57. The minimum absolute atomic E-state index is 0.573. The Labute approximate surface area is 90.1 Å². The van der Waals surface area contributed by atoms with Crippen LogP contribution < -0.4 is 5.32 Å². The lowest BCUT2D eigenvalue weighted by Crippen LogP contribution is -2.25. The summed E-state index contributed by atoms with van der Waals surface area (Å²) in [5, 5.41) is 12.0. The molecule has 1 unspecified atom stereocenters. The zero-order valence-electron chi connectivity index (χ0n) is 9.24. The van der Waals surface area contributed by atoms with Crippen molar-refractivity contribution in [1.29, 1.82) is 0 Å². The molecule has 4 heteroatoms. The molecule has 82 valence electrons. The lowest BCUT2D eigenvalue weighted by Gasteiger charge is -2.23. The van der Waals surface area contributed by atoms with Crippen LogP contribution in [0, 0.1) is 0 Å². The second-order valence-electron chi connectivity index (χ2n) is 4.74. The minimum atomic E-state index is 0.573. The lowest BCUT2D eigenvalue weighted by atomic mass is 9.99. The molecule has 0 bridgehead atoms. The maximum absolute atomic E-state index is 4.39. The number of nitrogens with one attached hydrogen (secondary N) is 1. The number of rotatable bonds is 3. The van der Waals surface area contributed by atoms with Crippen molar-refractivity contribution in [2.75, 3.05) is 13.6 Å². The number of hydrogen-bond acceptors (Lipinski definition) is 3. The van der Waals surface area contributed by atoms with Gasteiger partial charge in [-0.05, 0) is 32.7 Å². The van der Waals surface area contributed by atoms with E-state index in [1.165, 1.54) is 37.3 Å². The van der Waals surface area contributed by atoms with E-state index in [1.54, 1.807) is 0 Å². The van der Waals surface area contributed by atoms with Crippen molar-refractivity contribution in [2.24, 2.45) is 0 Å². The van der Waals surface area contributed by atoms with Crippen molar-refractivity contribution in [3.05, 3.63) is 11.6 Å². The van der Waals surface area contributed by atoms with Gasteiger partial charge in [0.1, 0.15) is 11.6 Å². The van der Waals surface area contributed by atoms with E-state index >= 15 is 0 Å². The normalized spacial score (nSPS) is 25.3. The molecule has 2 aliphatic rings. The first-order chi connectivity index (χ1) is 7.40. The Morgan fingerprint density at radius 2 is 2.07 bits per heavy atom. The molecule has 1 aliphatic heterocycles. The first kappa shape index (κ1) is 9.33. The molecule has 15 heavy (non-hydrogen) atoms. The van der Waals surface area contributed by atoms with Gasteiger partial charge >= 0.3 is 0 Å². The molecule has 1 fully saturated rings. The zero-order chi connectivity index (χ0) is 10.3. The summed E-state index contributed by atoms with van der Waals surface area (Å²) >= 11 is 0. The molecule has 4 nitrogen and oxygen atoms in total. The highest BCUT2D eigenvalue weighted by Crippen LogP contribution is 2.40. The van der Waals surface area contributed by atoms with Gasteiger partial charge < -0.3 is 9.88 Å². The summed E-state index contributed by atoms with van der Waals surface area (Å²) < 4.78 is 2.38. The average molecular weight is 206 g/mol. The Hall–Kier alpha value is -0.900. The van der Waals surface area contributed by atoms with Crippen LogP contribution >= 0.6 is 0 Å². The topological polar surface area (TPSA) is 42.7 Å². The molecule has 1 saturated carbocycles. The molecule has 0 aromatic carbocycles. The predicted molar refractivity (Wildman–Crippen MR) is 57.9 cm³/mol. The summed E-state index contributed by atoms with van der Waals surface area (Å²) in [6.45, 7) is 2.16. The summed E-state index contributed by atoms with van der Waals surface area (Å²) in [5.74, 6) is 3.77. The predicted octanol–water partition coefficient (Wildman–Crippen LogP) is 1.25. The van der Waals surface area contributed by atoms with Gasteiger partial charge in [-0.1, -0.05) is 0 Å². The van der Waals surface area contributed by atoms with Crippen LogP contribution in [-0.2, 0) is 6.54 Å². The Bertz CT molecular complexity index is 353. The molecule has 0 amide bonds. The third-order valence-corrected chi connectivity index (χ3v) is 3.50. The standard InChI is InChI=1S/C11H18N4/c1-12-7-9-3-2-6-15-10(8-4-5-8)13-14-11(9)15/h8-9,12H,2-7H2,1H3. The third kappa shape index (κ3) is 1.57. The lowest BCUT2D eigenvalue weighted by molar-refractivity contribution is 0.425. The van der Waals surface area contributed by atoms with Crippen LogP contribution in [0.4, 0.5) is 0 Å². The molecule has 2 heterocycles. The quantitative estimate of drug-likeness (QED) is 0.809. The molecule has 1 atom stereocenters. The summed E-state index contributed by atoms with van der Waals surface area (Å²) in [4.78, 5) is 0. The van der Waals surface area contributed by atoms with Crippen LogP contribution in [0.5, 0.6) is 0 Å². The summed E-state index contributed by atoms with van der Waals surface area (Å²) in [6.07, 6.45) is 5.16. The molecule has 0 spiro atoms. The first-order valence-corrected chi connectivity index (χ1v) is 5.97. The van der Waals surface area contributed by atoms with Crippen molar-refractivity contribution in [2.45, 2.75) is 44.1 Å². The number of likely N-dealkylation sites (N-methyl/N-ethyl adjacent to an activating group) is 1. The molecule has 1 aromatic heterocycles. The van der Waals surface area contributed by atoms with E-state index in [0.717, 1.165) is 19.0 Å². The summed E-state index contributed by atoms with van der Waals surface area (Å²) in [7, 11) is 2.01. The van der Waals surface area contributed by atoms with Crippen molar-refractivity contribution in [3.63, 3.8) is 0 Å². The van der Waals surface area contributed by atoms with E-state index in [2.05, 4.69) is 20.1 Å². The fraction of sp³-hybridized carbons (Fsp3) is 0.818. The van der Waals surface area contributed by atoms with Gasteiger partial charge in [0.25, 0.3) is 0 Å². The second kappa shape index (κ2) is 3.59.